The van der Waals surface area contributed by atoms with Gasteiger partial charge in [-0.05, 0) is 36.2 Å². The van der Waals surface area contributed by atoms with Gasteiger partial charge in [-0.15, -0.1) is 0 Å². The van der Waals surface area contributed by atoms with Gasteiger partial charge >= 0.3 is 0 Å². The fourth-order valence-electron chi connectivity index (χ4n) is 1.60. The number of pyridine rings is 1. The molecule has 94 valence electrons. The molecule has 1 aromatic heterocycles. The van der Waals surface area contributed by atoms with Crippen LogP contribution < -0.4 is 4.74 Å². The molecular formula is C14H13BrClNO. The maximum absolute atomic E-state index is 6.14. The summed E-state index contributed by atoms with van der Waals surface area (Å²) in [6.45, 7) is 2.48. The lowest BCUT2D eigenvalue weighted by Gasteiger charge is -2.09. The van der Waals surface area contributed by atoms with Gasteiger partial charge in [-0.1, -0.05) is 33.6 Å². The zero-order valence-corrected chi connectivity index (χ0v) is 12.3. The van der Waals surface area contributed by atoms with Crippen molar-refractivity contribution in [3.8, 4) is 5.75 Å². The molecule has 2 rings (SSSR count). The van der Waals surface area contributed by atoms with Gasteiger partial charge in [0.15, 0.2) is 0 Å². The summed E-state index contributed by atoms with van der Waals surface area (Å²) in [5.41, 5.74) is 3.29. The van der Waals surface area contributed by atoms with Crippen LogP contribution in [0.4, 0.5) is 0 Å². The number of ether oxygens (including phenoxy) is 1. The second-order valence-electron chi connectivity index (χ2n) is 4.06. The van der Waals surface area contributed by atoms with Gasteiger partial charge in [0.05, 0.1) is 5.02 Å². The number of aryl methyl sites for hydroxylation is 1. The third-order valence-corrected chi connectivity index (χ3v) is 3.42. The molecule has 0 aliphatic carbocycles. The molecule has 0 amide bonds. The maximum atomic E-state index is 6.14. The third kappa shape index (κ3) is 3.47. The van der Waals surface area contributed by atoms with E-state index in [9.17, 15) is 0 Å². The monoisotopic (exact) mass is 325 g/mol. The van der Waals surface area contributed by atoms with Crippen LogP contribution in [0.15, 0.2) is 36.7 Å². The number of nitrogens with zero attached hydrogens (tertiary/aromatic N) is 1. The quantitative estimate of drug-likeness (QED) is 0.771. The van der Waals surface area contributed by atoms with E-state index in [4.69, 9.17) is 16.3 Å². The van der Waals surface area contributed by atoms with E-state index < -0.39 is 0 Å². The molecule has 0 bridgehead atoms. The Bertz CT molecular complexity index is 545. The van der Waals surface area contributed by atoms with Crippen molar-refractivity contribution in [2.45, 2.75) is 18.9 Å². The van der Waals surface area contributed by atoms with Crippen LogP contribution in [-0.2, 0) is 11.9 Å². The molecule has 1 heterocycles. The topological polar surface area (TPSA) is 22.1 Å². The first kappa shape index (κ1) is 13.4. The van der Waals surface area contributed by atoms with E-state index in [0.29, 0.717) is 17.4 Å². The molecule has 1 aromatic carbocycles. The summed E-state index contributed by atoms with van der Waals surface area (Å²) < 4.78 is 5.69. The fourth-order valence-corrected chi connectivity index (χ4v) is 2.21. The fraction of sp³-hybridized carbons (Fsp3) is 0.214. The summed E-state index contributed by atoms with van der Waals surface area (Å²) in [7, 11) is 0. The molecule has 18 heavy (non-hydrogen) atoms. The van der Waals surface area contributed by atoms with Crippen LogP contribution in [0.2, 0.25) is 5.02 Å². The van der Waals surface area contributed by atoms with Crippen LogP contribution in [0.5, 0.6) is 5.75 Å². The van der Waals surface area contributed by atoms with Crippen molar-refractivity contribution in [1.82, 2.24) is 4.98 Å². The average molecular weight is 327 g/mol. The van der Waals surface area contributed by atoms with E-state index in [0.717, 1.165) is 22.0 Å². The zero-order chi connectivity index (χ0) is 13.0. The van der Waals surface area contributed by atoms with Crippen molar-refractivity contribution >= 4 is 27.5 Å². The van der Waals surface area contributed by atoms with Crippen LogP contribution in [0, 0.1) is 6.92 Å². The number of alkyl halides is 1. The molecule has 0 saturated carbocycles. The largest absolute Gasteiger partial charge is 0.487 e. The average Bonchev–Trinajstić information content (AvgIpc) is 2.37. The Morgan fingerprint density at radius 1 is 1.22 bits per heavy atom. The van der Waals surface area contributed by atoms with E-state index in [-0.39, 0.29) is 0 Å². The summed E-state index contributed by atoms with van der Waals surface area (Å²) in [4.78, 5) is 4.13. The normalized spacial score (nSPS) is 10.4. The van der Waals surface area contributed by atoms with Gasteiger partial charge in [0, 0.05) is 23.3 Å². The van der Waals surface area contributed by atoms with Gasteiger partial charge in [-0.25, -0.2) is 0 Å². The minimum Gasteiger partial charge on any atom is -0.487 e. The molecule has 4 heteroatoms. The molecule has 0 unspecified atom stereocenters. The summed E-state index contributed by atoms with van der Waals surface area (Å²) in [5, 5.41) is 1.42. The van der Waals surface area contributed by atoms with Crippen molar-refractivity contribution < 1.29 is 4.74 Å². The second kappa shape index (κ2) is 6.21. The molecule has 0 N–H and O–H groups in total. The number of aromatic nitrogens is 1. The Morgan fingerprint density at radius 2 is 2.06 bits per heavy atom. The molecule has 0 radical (unpaired) electrons. The molecule has 0 spiro atoms. The third-order valence-electron chi connectivity index (χ3n) is 2.48. The summed E-state index contributed by atoms with van der Waals surface area (Å²) in [6.07, 6.45) is 3.62. The molecule has 0 atom stereocenters. The minimum absolute atomic E-state index is 0.474. The lowest BCUT2D eigenvalue weighted by Crippen LogP contribution is -1.97. The lowest BCUT2D eigenvalue weighted by molar-refractivity contribution is 0.306. The van der Waals surface area contributed by atoms with Crippen LogP contribution in [0.1, 0.15) is 16.7 Å². The minimum atomic E-state index is 0.474. The first-order chi connectivity index (χ1) is 8.69. The van der Waals surface area contributed by atoms with Gasteiger partial charge in [0.25, 0.3) is 0 Å². The highest BCUT2D eigenvalue weighted by atomic mass is 79.9. The maximum Gasteiger partial charge on any atom is 0.138 e. The van der Waals surface area contributed by atoms with Crippen molar-refractivity contribution in [2.24, 2.45) is 0 Å². The Labute approximate surface area is 120 Å². The Morgan fingerprint density at radius 3 is 2.72 bits per heavy atom. The highest BCUT2D eigenvalue weighted by molar-refractivity contribution is 9.08. The smallest absolute Gasteiger partial charge is 0.138 e. The van der Waals surface area contributed by atoms with Gasteiger partial charge < -0.3 is 4.74 Å². The first-order valence-electron chi connectivity index (χ1n) is 5.57. The SMILES string of the molecule is Cc1cncc(COc2ccc(CBr)cc2Cl)c1. The van der Waals surface area contributed by atoms with Crippen LogP contribution in [0.3, 0.4) is 0 Å². The van der Waals surface area contributed by atoms with E-state index in [2.05, 4.69) is 20.9 Å². The van der Waals surface area contributed by atoms with E-state index in [1.807, 2.05) is 37.4 Å². The number of hydrogen-bond donors (Lipinski definition) is 0. The molecule has 2 aromatic rings. The first-order valence-corrected chi connectivity index (χ1v) is 7.06. The number of halogens is 2. The standard InChI is InChI=1S/C14H13BrClNO/c1-10-4-12(8-17-7-10)9-18-14-3-2-11(6-15)5-13(14)16/h2-5,7-8H,6,9H2,1H3. The predicted molar refractivity (Wildman–Crippen MR) is 77.4 cm³/mol. The Kier molecular flexibility index (Phi) is 4.61. The molecule has 0 saturated heterocycles. The molecule has 0 fully saturated rings. The van der Waals surface area contributed by atoms with E-state index in [1.165, 1.54) is 0 Å². The van der Waals surface area contributed by atoms with Crippen molar-refractivity contribution in [2.75, 3.05) is 0 Å². The van der Waals surface area contributed by atoms with Crippen LogP contribution in [0.25, 0.3) is 0 Å². The second-order valence-corrected chi connectivity index (χ2v) is 5.03. The molecular weight excluding hydrogens is 314 g/mol. The van der Waals surface area contributed by atoms with Gasteiger partial charge in [0.1, 0.15) is 12.4 Å². The van der Waals surface area contributed by atoms with E-state index >= 15 is 0 Å². The van der Waals surface area contributed by atoms with Gasteiger partial charge in [0.2, 0.25) is 0 Å². The van der Waals surface area contributed by atoms with Crippen molar-refractivity contribution in [3.63, 3.8) is 0 Å². The van der Waals surface area contributed by atoms with Crippen LogP contribution >= 0.6 is 27.5 Å². The Balaban J connectivity index is 2.06. The van der Waals surface area contributed by atoms with E-state index in [1.54, 1.807) is 6.20 Å². The zero-order valence-electron chi connectivity index (χ0n) is 9.99. The van der Waals surface area contributed by atoms with Gasteiger partial charge in [-0.3, -0.25) is 4.98 Å². The predicted octanol–water partition coefficient (Wildman–Crippen LogP) is 4.52. The number of hydrogen-bond acceptors (Lipinski definition) is 2. The van der Waals surface area contributed by atoms with Crippen LogP contribution in [-0.4, -0.2) is 4.98 Å². The molecule has 0 aliphatic rings. The summed E-state index contributed by atoms with van der Waals surface area (Å²) >= 11 is 9.54. The van der Waals surface area contributed by atoms with Crippen molar-refractivity contribution in [3.05, 3.63) is 58.4 Å². The highest BCUT2D eigenvalue weighted by Crippen LogP contribution is 2.27. The number of rotatable bonds is 4. The van der Waals surface area contributed by atoms with Gasteiger partial charge in [-0.2, -0.15) is 0 Å². The highest BCUT2D eigenvalue weighted by Gasteiger charge is 2.03. The summed E-state index contributed by atoms with van der Waals surface area (Å²) in [5.74, 6) is 0.697. The molecule has 0 aliphatic heterocycles. The molecule has 2 nitrogen and oxygen atoms in total. The lowest BCUT2D eigenvalue weighted by atomic mass is 10.2. The Hall–Kier alpha value is -1.06. The summed E-state index contributed by atoms with van der Waals surface area (Å²) in [6, 6.07) is 7.83. The number of benzene rings is 1. The van der Waals surface area contributed by atoms with Crippen molar-refractivity contribution in [1.29, 1.82) is 0 Å².